The van der Waals surface area contributed by atoms with Gasteiger partial charge in [0.15, 0.2) is 0 Å². The van der Waals surface area contributed by atoms with Crippen LogP contribution in [-0.4, -0.2) is 15.9 Å². The molecule has 27 heavy (non-hydrogen) atoms. The number of carbonyl (C=O) groups excluding carboxylic acids is 1. The van der Waals surface area contributed by atoms with Crippen molar-refractivity contribution in [3.05, 3.63) is 82.6 Å². The Hall–Kier alpha value is -3.28. The highest BCUT2D eigenvalue weighted by atomic mass is 19.1. The number of benzene rings is 2. The molecule has 1 heterocycles. The lowest BCUT2D eigenvalue weighted by Gasteiger charge is -2.10. The van der Waals surface area contributed by atoms with Crippen molar-refractivity contribution < 1.29 is 9.18 Å². The molecule has 1 aromatic heterocycles. The van der Waals surface area contributed by atoms with Crippen molar-refractivity contribution in [3.63, 3.8) is 0 Å². The lowest BCUT2D eigenvalue weighted by atomic mass is 10.1. The molecule has 0 atom stereocenters. The molecule has 138 valence electrons. The first-order valence-electron chi connectivity index (χ1n) is 8.63. The molecule has 0 bridgehead atoms. The summed E-state index contributed by atoms with van der Waals surface area (Å²) in [6, 6.07) is 13.6. The predicted molar refractivity (Wildman–Crippen MR) is 104 cm³/mol. The number of carbonyl (C=O) groups is 1. The van der Waals surface area contributed by atoms with E-state index in [1.807, 2.05) is 32.0 Å². The summed E-state index contributed by atoms with van der Waals surface area (Å²) in [5.74, 6) is 0.455. The van der Waals surface area contributed by atoms with E-state index in [0.717, 1.165) is 22.4 Å². The van der Waals surface area contributed by atoms with Gasteiger partial charge in [-0.3, -0.25) is 4.79 Å². The van der Waals surface area contributed by atoms with Crippen molar-refractivity contribution in [1.29, 1.82) is 0 Å². The predicted octanol–water partition coefficient (Wildman–Crippen LogP) is 4.41. The van der Waals surface area contributed by atoms with E-state index in [9.17, 15) is 9.18 Å². The Morgan fingerprint density at radius 1 is 0.963 bits per heavy atom. The molecule has 0 spiro atoms. The molecule has 0 radical (unpaired) electrons. The smallest absolute Gasteiger partial charge is 0.274 e. The number of nitrogens with one attached hydrogen (secondary N) is 2. The number of anilines is 2. The molecule has 0 saturated carbocycles. The zero-order valence-corrected chi connectivity index (χ0v) is 15.5. The van der Waals surface area contributed by atoms with E-state index in [1.54, 1.807) is 25.1 Å². The zero-order chi connectivity index (χ0) is 19.4. The van der Waals surface area contributed by atoms with Gasteiger partial charge >= 0.3 is 0 Å². The minimum Gasteiger partial charge on any atom is -0.366 e. The molecule has 0 fully saturated rings. The van der Waals surface area contributed by atoms with Crippen LogP contribution in [0.2, 0.25) is 0 Å². The van der Waals surface area contributed by atoms with Crippen molar-refractivity contribution in [1.82, 2.24) is 9.97 Å². The molecular weight excluding hydrogens is 343 g/mol. The fourth-order valence-corrected chi connectivity index (χ4v) is 2.58. The summed E-state index contributed by atoms with van der Waals surface area (Å²) < 4.78 is 13.0. The summed E-state index contributed by atoms with van der Waals surface area (Å²) in [4.78, 5) is 21.1. The average Bonchev–Trinajstić information content (AvgIpc) is 2.64. The molecule has 0 unspecified atom stereocenters. The van der Waals surface area contributed by atoms with Gasteiger partial charge in [-0.15, -0.1) is 0 Å². The minimum atomic E-state index is -0.298. The molecule has 3 aromatic rings. The van der Waals surface area contributed by atoms with Crippen LogP contribution in [-0.2, 0) is 6.54 Å². The van der Waals surface area contributed by atoms with Crippen LogP contribution in [0.25, 0.3) is 0 Å². The SMILES string of the molecule is Cc1nc(NCc2ccc(F)cc2)cc(C(=O)Nc2ccc(C)c(C)c2)n1. The first kappa shape index (κ1) is 18.5. The summed E-state index contributed by atoms with van der Waals surface area (Å²) in [5, 5.41) is 6.01. The Kier molecular flexibility index (Phi) is 5.45. The summed E-state index contributed by atoms with van der Waals surface area (Å²) in [6.45, 7) is 6.22. The summed E-state index contributed by atoms with van der Waals surface area (Å²) >= 11 is 0. The highest BCUT2D eigenvalue weighted by Gasteiger charge is 2.11. The molecule has 2 aromatic carbocycles. The first-order chi connectivity index (χ1) is 12.9. The van der Waals surface area contributed by atoms with E-state index in [0.29, 0.717) is 18.2 Å². The standard InChI is InChI=1S/C21H21FN4O/c1-13-4-9-18(10-14(13)2)26-21(27)19-11-20(25-15(3)24-19)23-12-16-5-7-17(22)8-6-16/h4-11H,12H2,1-3H3,(H,26,27)(H,23,24,25). The average molecular weight is 364 g/mol. The van der Waals surface area contributed by atoms with E-state index in [-0.39, 0.29) is 17.4 Å². The second kappa shape index (κ2) is 7.95. The van der Waals surface area contributed by atoms with Crippen molar-refractivity contribution >= 4 is 17.4 Å². The van der Waals surface area contributed by atoms with Crippen molar-refractivity contribution in [2.45, 2.75) is 27.3 Å². The number of rotatable bonds is 5. The van der Waals surface area contributed by atoms with E-state index >= 15 is 0 Å². The van der Waals surface area contributed by atoms with Crippen LogP contribution in [0.15, 0.2) is 48.5 Å². The quantitative estimate of drug-likeness (QED) is 0.704. The molecule has 0 saturated heterocycles. The van der Waals surface area contributed by atoms with Gasteiger partial charge < -0.3 is 10.6 Å². The maximum atomic E-state index is 13.0. The van der Waals surface area contributed by atoms with Gasteiger partial charge in [0.25, 0.3) is 5.91 Å². The number of hydrogen-bond acceptors (Lipinski definition) is 4. The topological polar surface area (TPSA) is 66.9 Å². The number of aryl methyl sites for hydroxylation is 3. The first-order valence-corrected chi connectivity index (χ1v) is 8.63. The molecule has 2 N–H and O–H groups in total. The molecule has 6 heteroatoms. The molecule has 0 aliphatic heterocycles. The Morgan fingerprint density at radius 2 is 1.70 bits per heavy atom. The van der Waals surface area contributed by atoms with Gasteiger partial charge in [-0.05, 0) is 61.7 Å². The van der Waals surface area contributed by atoms with Crippen molar-refractivity contribution in [2.75, 3.05) is 10.6 Å². The second-order valence-electron chi connectivity index (χ2n) is 6.42. The number of amides is 1. The van der Waals surface area contributed by atoms with Crippen molar-refractivity contribution in [2.24, 2.45) is 0 Å². The normalized spacial score (nSPS) is 10.5. The van der Waals surface area contributed by atoms with Crippen LogP contribution < -0.4 is 10.6 Å². The van der Waals surface area contributed by atoms with Gasteiger partial charge in [0.1, 0.15) is 23.2 Å². The fourth-order valence-electron chi connectivity index (χ4n) is 2.58. The summed E-state index contributed by atoms with van der Waals surface area (Å²) in [5.41, 5.74) is 4.18. The maximum absolute atomic E-state index is 13.0. The van der Waals surface area contributed by atoms with Gasteiger partial charge in [0.05, 0.1) is 0 Å². The molecule has 0 aliphatic rings. The Labute approximate surface area is 157 Å². The molecular formula is C21H21FN4O. The molecule has 3 rings (SSSR count). The lowest BCUT2D eigenvalue weighted by Crippen LogP contribution is -2.16. The van der Waals surface area contributed by atoms with Gasteiger partial charge in [0.2, 0.25) is 0 Å². The maximum Gasteiger partial charge on any atom is 0.274 e. The monoisotopic (exact) mass is 364 g/mol. The molecule has 0 aliphatic carbocycles. The Balaban J connectivity index is 1.72. The van der Waals surface area contributed by atoms with Crippen LogP contribution in [0.4, 0.5) is 15.9 Å². The molecule has 5 nitrogen and oxygen atoms in total. The second-order valence-corrected chi connectivity index (χ2v) is 6.42. The Bertz CT molecular complexity index is 970. The molecule has 1 amide bonds. The van der Waals surface area contributed by atoms with Crippen LogP contribution in [0.5, 0.6) is 0 Å². The third-order valence-electron chi connectivity index (χ3n) is 4.22. The third kappa shape index (κ3) is 4.88. The number of hydrogen-bond donors (Lipinski definition) is 2. The number of aromatic nitrogens is 2. The van der Waals surface area contributed by atoms with Gasteiger partial charge in [-0.1, -0.05) is 18.2 Å². The number of nitrogens with zero attached hydrogens (tertiary/aromatic N) is 2. The van der Waals surface area contributed by atoms with Crippen LogP contribution in [0, 0.1) is 26.6 Å². The van der Waals surface area contributed by atoms with E-state index in [4.69, 9.17) is 0 Å². The van der Waals surface area contributed by atoms with Gasteiger partial charge in [0, 0.05) is 18.3 Å². The highest BCUT2D eigenvalue weighted by Crippen LogP contribution is 2.16. The summed E-state index contributed by atoms with van der Waals surface area (Å²) in [7, 11) is 0. The zero-order valence-electron chi connectivity index (χ0n) is 15.5. The van der Waals surface area contributed by atoms with Crippen LogP contribution >= 0.6 is 0 Å². The van der Waals surface area contributed by atoms with E-state index < -0.39 is 0 Å². The van der Waals surface area contributed by atoms with Gasteiger partial charge in [-0.2, -0.15) is 0 Å². The number of halogens is 1. The van der Waals surface area contributed by atoms with E-state index in [2.05, 4.69) is 20.6 Å². The van der Waals surface area contributed by atoms with E-state index in [1.165, 1.54) is 12.1 Å². The van der Waals surface area contributed by atoms with Crippen LogP contribution in [0.3, 0.4) is 0 Å². The highest BCUT2D eigenvalue weighted by molar-refractivity contribution is 6.03. The summed E-state index contributed by atoms with van der Waals surface area (Å²) in [6.07, 6.45) is 0. The van der Waals surface area contributed by atoms with Crippen LogP contribution in [0.1, 0.15) is 33.0 Å². The van der Waals surface area contributed by atoms with Gasteiger partial charge in [-0.25, -0.2) is 14.4 Å². The Morgan fingerprint density at radius 3 is 2.41 bits per heavy atom. The minimum absolute atomic E-state index is 0.276. The fraction of sp³-hybridized carbons (Fsp3) is 0.190. The third-order valence-corrected chi connectivity index (χ3v) is 4.22. The lowest BCUT2D eigenvalue weighted by molar-refractivity contribution is 0.102. The largest absolute Gasteiger partial charge is 0.366 e. The van der Waals surface area contributed by atoms with Crippen molar-refractivity contribution in [3.8, 4) is 0 Å².